The van der Waals surface area contributed by atoms with Crippen LogP contribution in [0, 0.1) is 55.4 Å². The zero-order chi connectivity index (χ0) is 30.2. The lowest BCUT2D eigenvalue weighted by atomic mass is 9.63. The van der Waals surface area contributed by atoms with Gasteiger partial charge in [-0.05, 0) is 187 Å². The minimum absolute atomic E-state index is 0.528. The molecule has 0 bridgehead atoms. The van der Waals surface area contributed by atoms with E-state index in [-0.39, 0.29) is 0 Å². The van der Waals surface area contributed by atoms with Crippen LogP contribution in [0.25, 0.3) is 28.3 Å². The van der Waals surface area contributed by atoms with Crippen LogP contribution in [0.5, 0.6) is 0 Å². The molecule has 4 aromatic carbocycles. The molecule has 4 aromatic rings. The summed E-state index contributed by atoms with van der Waals surface area (Å²) in [5.74, 6) is 0. The van der Waals surface area contributed by atoms with Crippen molar-refractivity contribution in [3.8, 4) is 11.1 Å². The van der Waals surface area contributed by atoms with Gasteiger partial charge in [-0.25, -0.2) is 0 Å². The van der Waals surface area contributed by atoms with E-state index in [2.05, 4.69) is 99.6 Å². The van der Waals surface area contributed by atoms with Gasteiger partial charge in [-0.15, -0.1) is 0 Å². The third-order valence-corrected chi connectivity index (χ3v) is 11.1. The molecule has 0 saturated heterocycles. The van der Waals surface area contributed by atoms with Crippen molar-refractivity contribution in [2.75, 3.05) is 0 Å². The molecule has 0 heteroatoms. The van der Waals surface area contributed by atoms with Gasteiger partial charge in [0, 0.05) is 2.74 Å². The van der Waals surface area contributed by atoms with E-state index >= 15 is 0 Å². The molecule has 3 aliphatic rings. The van der Waals surface area contributed by atoms with Crippen molar-refractivity contribution in [3.63, 3.8) is 0 Å². The van der Waals surface area contributed by atoms with Crippen molar-refractivity contribution in [2.45, 2.75) is 81.0 Å². The van der Waals surface area contributed by atoms with Crippen LogP contribution < -0.4 is 0 Å². The first kappa shape index (κ1) is 23.1. The number of hydrogen-bond donors (Lipinski definition) is 0. The van der Waals surface area contributed by atoms with Crippen molar-refractivity contribution in [1.29, 1.82) is 0 Å². The number of benzene rings is 4. The van der Waals surface area contributed by atoms with E-state index in [9.17, 15) is 2.74 Å². The third-order valence-electron chi connectivity index (χ3n) is 11.1. The maximum Gasteiger partial charge on any atom is 0.0658 e. The van der Waals surface area contributed by atoms with Crippen LogP contribution in [0.4, 0.5) is 0 Å². The second-order valence-corrected chi connectivity index (χ2v) is 12.5. The summed E-state index contributed by atoms with van der Waals surface area (Å²) in [7, 11) is 0. The van der Waals surface area contributed by atoms with Crippen LogP contribution >= 0.6 is 0 Å². The topological polar surface area (TPSA) is 0 Å². The quantitative estimate of drug-likeness (QED) is 0.215. The molecular formula is C40H40. The van der Waals surface area contributed by atoms with Crippen molar-refractivity contribution in [1.82, 2.24) is 0 Å². The number of fused-ring (bicyclic) bond motifs is 10. The first-order valence-electron chi connectivity index (χ1n) is 15.6. The Labute approximate surface area is 243 Å². The van der Waals surface area contributed by atoms with Crippen LogP contribution in [-0.4, -0.2) is 0 Å². The summed E-state index contributed by atoms with van der Waals surface area (Å²) in [4.78, 5) is 0. The fourth-order valence-corrected chi connectivity index (χ4v) is 8.24. The summed E-state index contributed by atoms with van der Waals surface area (Å²) in [5.41, 5.74) is 24.3. The van der Waals surface area contributed by atoms with Gasteiger partial charge in [0.15, 0.2) is 0 Å². The number of rotatable bonds is 0. The Balaban J connectivity index is 1.73. The van der Waals surface area contributed by atoms with E-state index in [1.54, 1.807) is 0 Å². The molecule has 1 spiro atoms. The van der Waals surface area contributed by atoms with Gasteiger partial charge in [0.25, 0.3) is 0 Å². The van der Waals surface area contributed by atoms with Gasteiger partial charge in [0.2, 0.25) is 0 Å². The van der Waals surface area contributed by atoms with E-state index in [0.29, 0.717) is 0 Å². The Kier molecular flexibility index (Phi) is 4.73. The molecule has 200 valence electrons. The van der Waals surface area contributed by atoms with Gasteiger partial charge in [0.05, 0.1) is 5.41 Å². The molecule has 3 aliphatic carbocycles. The van der Waals surface area contributed by atoms with Gasteiger partial charge < -0.3 is 0 Å². The molecule has 0 atom stereocenters. The van der Waals surface area contributed by atoms with E-state index in [1.807, 2.05) is 18.2 Å². The number of allylic oxidation sites excluding steroid dienone is 3. The molecule has 0 heterocycles. The summed E-state index contributed by atoms with van der Waals surface area (Å²) in [6, 6.07) is 12.6. The minimum atomic E-state index is -1.56. The fraction of sp³-hybridized carbons (Fsp3) is 0.300. The predicted octanol–water partition coefficient (Wildman–Crippen LogP) is 10.4. The molecule has 40 heavy (non-hydrogen) atoms. The van der Waals surface area contributed by atoms with Crippen LogP contribution in [0.15, 0.2) is 42.5 Å². The summed E-state index contributed by atoms with van der Waals surface area (Å²) in [6.45, 7) is 23.0. The van der Waals surface area contributed by atoms with E-state index < -0.39 is 11.8 Å². The maximum atomic E-state index is 9.42. The van der Waals surface area contributed by atoms with E-state index in [0.717, 1.165) is 27.8 Å². The van der Waals surface area contributed by atoms with E-state index in [4.69, 9.17) is 0 Å². The molecule has 0 aliphatic heterocycles. The lowest BCUT2D eigenvalue weighted by molar-refractivity contribution is 0.765. The Morgan fingerprint density at radius 3 is 1.68 bits per heavy atom. The van der Waals surface area contributed by atoms with Gasteiger partial charge in [-0.2, -0.15) is 0 Å². The Morgan fingerprint density at radius 1 is 0.575 bits per heavy atom. The lowest BCUT2D eigenvalue weighted by Gasteiger charge is -2.38. The average Bonchev–Trinajstić information content (AvgIpc) is 3.44. The Morgan fingerprint density at radius 2 is 1.10 bits per heavy atom. The fourth-order valence-electron chi connectivity index (χ4n) is 8.24. The number of hydrogen-bond acceptors (Lipinski definition) is 0. The van der Waals surface area contributed by atoms with E-state index in [1.165, 1.54) is 83.5 Å². The standard InChI is InChI=1S/C40H40/c1-20-22(3)28(9)38-36(24(20)5)26(7)27(8)37-25(6)21(2)23(4)29(10)39(37)40(38)18-17-33-34-19-30-13-11-12-14-31(30)32(34)15-16-35(33)40/h11-18H,19H2,1-10H3/i19T2. The first-order chi connectivity index (χ1) is 19.8. The van der Waals surface area contributed by atoms with Crippen LogP contribution in [0.1, 0.15) is 106 Å². The highest BCUT2D eigenvalue weighted by molar-refractivity contribution is 5.99. The van der Waals surface area contributed by atoms with Crippen molar-refractivity contribution in [3.05, 3.63) is 131 Å². The van der Waals surface area contributed by atoms with Crippen LogP contribution in [0.3, 0.4) is 0 Å². The third kappa shape index (κ3) is 2.82. The van der Waals surface area contributed by atoms with Gasteiger partial charge in [-0.3, -0.25) is 0 Å². The molecule has 7 rings (SSSR count). The highest BCUT2D eigenvalue weighted by Crippen LogP contribution is 2.59. The summed E-state index contributed by atoms with van der Waals surface area (Å²) in [5, 5.41) is 0. The second kappa shape index (κ2) is 8.20. The smallest absolute Gasteiger partial charge is 0.0645 e. The summed E-state index contributed by atoms with van der Waals surface area (Å²) < 4.78 is 18.8. The molecule has 0 saturated carbocycles. The SMILES string of the molecule is [3H]C1([3H])c2ccccc2-c2ccc3c(c21)C=CC31c2c(C)c(C)c(C)c(C)c2C(C)=C(C)c2c(C)c(C)c(C)c(C)c21. The zero-order valence-electron chi connectivity index (χ0n) is 27.6. The van der Waals surface area contributed by atoms with Gasteiger partial charge in [0.1, 0.15) is 0 Å². The Bertz CT molecular complexity index is 1910. The molecule has 0 fully saturated rings. The van der Waals surface area contributed by atoms with Crippen LogP contribution in [-0.2, 0) is 11.8 Å². The average molecular weight is 525 g/mol. The largest absolute Gasteiger partial charge is 0.0658 e. The van der Waals surface area contributed by atoms with Crippen molar-refractivity contribution < 1.29 is 2.74 Å². The van der Waals surface area contributed by atoms with Crippen molar-refractivity contribution in [2.24, 2.45) is 0 Å². The highest BCUT2D eigenvalue weighted by atomic mass is 14.5. The van der Waals surface area contributed by atoms with Gasteiger partial charge in [-0.1, -0.05) is 48.6 Å². The Hall–Kier alpha value is -3.64. The minimum Gasteiger partial charge on any atom is -0.0645 e. The molecule has 0 nitrogen and oxygen atoms in total. The molecule has 0 aromatic heterocycles. The second-order valence-electron chi connectivity index (χ2n) is 12.5. The van der Waals surface area contributed by atoms with Crippen LogP contribution in [0.2, 0.25) is 0 Å². The normalized spacial score (nSPS) is 17.6. The zero-order valence-corrected chi connectivity index (χ0v) is 25.6. The summed E-state index contributed by atoms with van der Waals surface area (Å²) >= 11 is 0. The maximum absolute atomic E-state index is 9.42. The van der Waals surface area contributed by atoms with Gasteiger partial charge >= 0.3 is 0 Å². The monoisotopic (exact) mass is 524 g/mol. The molecule has 0 radical (unpaired) electrons. The molecule has 0 unspecified atom stereocenters. The predicted molar refractivity (Wildman–Crippen MR) is 173 cm³/mol. The van der Waals surface area contributed by atoms with Crippen molar-refractivity contribution >= 4 is 17.2 Å². The first-order valence-corrected chi connectivity index (χ1v) is 14.6. The highest BCUT2D eigenvalue weighted by Gasteiger charge is 2.48. The molecular weight excluding hydrogens is 480 g/mol. The molecule has 0 amide bonds. The lowest BCUT2D eigenvalue weighted by Crippen LogP contribution is -2.31. The molecule has 0 N–H and O–H groups in total. The summed E-state index contributed by atoms with van der Waals surface area (Å²) in [6.07, 6.45) is 3.13.